The summed E-state index contributed by atoms with van der Waals surface area (Å²) in [5, 5.41) is 14.0. The van der Waals surface area contributed by atoms with E-state index in [1.807, 2.05) is 18.2 Å². The van der Waals surface area contributed by atoms with Crippen LogP contribution in [0.4, 0.5) is 0 Å². The van der Waals surface area contributed by atoms with E-state index in [0.29, 0.717) is 5.56 Å². The molecule has 1 aliphatic heterocycles. The van der Waals surface area contributed by atoms with Gasteiger partial charge >= 0.3 is 0 Å². The molecule has 2 unspecified atom stereocenters. The molecule has 0 radical (unpaired) electrons. The zero-order chi connectivity index (χ0) is 27.1. The van der Waals surface area contributed by atoms with Gasteiger partial charge in [0.15, 0.2) is 6.17 Å². The minimum atomic E-state index is -0.163. The first-order chi connectivity index (χ1) is 19.7. The van der Waals surface area contributed by atoms with Crippen molar-refractivity contribution in [3.8, 4) is 11.8 Å². The van der Waals surface area contributed by atoms with Gasteiger partial charge in [0.2, 0.25) is 5.84 Å². The van der Waals surface area contributed by atoms with Gasteiger partial charge in [-0.1, -0.05) is 78.9 Å². The minimum Gasteiger partial charge on any atom is -0.309 e. The Morgan fingerprint density at radius 1 is 0.700 bits per heavy atom. The Morgan fingerprint density at radius 3 is 2.20 bits per heavy atom. The van der Waals surface area contributed by atoms with Crippen LogP contribution in [0, 0.1) is 11.3 Å². The second-order valence-corrected chi connectivity index (χ2v) is 10.2. The van der Waals surface area contributed by atoms with Crippen molar-refractivity contribution in [3.63, 3.8) is 0 Å². The van der Waals surface area contributed by atoms with Gasteiger partial charge in [-0.3, -0.25) is 5.32 Å². The number of rotatable bonds is 4. The highest BCUT2D eigenvalue weighted by atomic mass is 15.4. The number of fused-ring (bicyclic) bond motifs is 3. The molecule has 5 heteroatoms. The van der Waals surface area contributed by atoms with Gasteiger partial charge in [0.1, 0.15) is 6.17 Å². The quantitative estimate of drug-likeness (QED) is 0.297. The van der Waals surface area contributed by atoms with E-state index in [2.05, 4.69) is 137 Å². The fourth-order valence-electron chi connectivity index (χ4n) is 5.90. The van der Waals surface area contributed by atoms with Gasteiger partial charge in [0.05, 0.1) is 28.2 Å². The molecule has 40 heavy (non-hydrogen) atoms. The number of hydrogen-bond donors (Lipinski definition) is 1. The van der Waals surface area contributed by atoms with Crippen LogP contribution in [0.1, 0.15) is 34.6 Å². The van der Waals surface area contributed by atoms with Crippen molar-refractivity contribution in [1.82, 2.24) is 9.47 Å². The minimum absolute atomic E-state index is 0.0835. The lowest BCUT2D eigenvalue weighted by atomic mass is 10.0. The molecule has 0 aliphatic carbocycles. The van der Waals surface area contributed by atoms with Crippen LogP contribution < -0.4 is 5.32 Å². The first kappa shape index (κ1) is 24.1. The summed E-state index contributed by atoms with van der Waals surface area (Å²) in [6, 6.07) is 46.4. The normalized spacial score (nSPS) is 17.6. The molecule has 0 fully saturated rings. The number of quaternary nitrogens is 1. The maximum atomic E-state index is 9.53. The zero-order valence-electron chi connectivity index (χ0n) is 22.1. The molecule has 2 atom stereocenters. The highest BCUT2D eigenvalue weighted by Crippen LogP contribution is 2.35. The number of nitriles is 1. The molecule has 1 aromatic heterocycles. The Bertz CT molecular complexity index is 1910. The van der Waals surface area contributed by atoms with Crippen molar-refractivity contribution in [2.75, 3.05) is 7.05 Å². The topological polar surface area (TPSA) is 60.9 Å². The van der Waals surface area contributed by atoms with Crippen LogP contribution in [0.5, 0.6) is 0 Å². The third kappa shape index (κ3) is 4.07. The Balaban J connectivity index is 1.39. The van der Waals surface area contributed by atoms with Gasteiger partial charge in [-0.25, -0.2) is 9.89 Å². The Labute approximate surface area is 233 Å². The lowest BCUT2D eigenvalue weighted by Crippen LogP contribution is -2.93. The molecule has 7 rings (SSSR count). The number of amidine groups is 1. The van der Waals surface area contributed by atoms with E-state index in [9.17, 15) is 5.26 Å². The lowest BCUT2D eigenvalue weighted by molar-refractivity contribution is -0.621. The van der Waals surface area contributed by atoms with Crippen LogP contribution in [0.3, 0.4) is 0 Å². The van der Waals surface area contributed by atoms with E-state index in [1.165, 1.54) is 5.56 Å². The fraction of sp³-hybridized carbons (Fsp3) is 0.0857. The summed E-state index contributed by atoms with van der Waals surface area (Å²) in [6.45, 7) is 0. The molecule has 0 saturated carbocycles. The van der Waals surface area contributed by atoms with E-state index in [0.717, 1.165) is 44.5 Å². The zero-order valence-corrected chi connectivity index (χ0v) is 22.1. The van der Waals surface area contributed by atoms with Crippen LogP contribution in [0.15, 0.2) is 132 Å². The monoisotopic (exact) mass is 518 g/mol. The summed E-state index contributed by atoms with van der Waals surface area (Å²) in [6.07, 6.45) is -0.0798. The summed E-state index contributed by atoms with van der Waals surface area (Å²) >= 11 is 0. The van der Waals surface area contributed by atoms with Gasteiger partial charge in [-0.05, 0) is 61.1 Å². The Hall–Kier alpha value is -5.02. The summed E-state index contributed by atoms with van der Waals surface area (Å²) in [5.41, 5.74) is 7.42. The standard InChI is InChI=1S/C35H27N5/c1-39-34(26-13-6-3-7-14-26)37-33(25-11-4-2-5-12-25)38-35(39)27-15-10-16-28(22-27)40-31-18-9-8-17-29(31)30-21-24(23-36)19-20-32(30)40/h2-22,34-35H,1H3,(H,37,38)/p+1. The van der Waals surface area contributed by atoms with Crippen LogP contribution in [0.2, 0.25) is 0 Å². The second-order valence-electron chi connectivity index (χ2n) is 10.2. The highest BCUT2D eigenvalue weighted by Gasteiger charge is 2.35. The van der Waals surface area contributed by atoms with Crippen LogP contribution in [0.25, 0.3) is 27.5 Å². The maximum absolute atomic E-state index is 9.53. The average Bonchev–Trinajstić information content (AvgIpc) is 3.36. The first-order valence-electron chi connectivity index (χ1n) is 13.5. The van der Waals surface area contributed by atoms with Gasteiger partial charge in [0.25, 0.3) is 0 Å². The molecule has 6 aromatic rings. The number of hydrogen-bond acceptors (Lipinski definition) is 3. The third-order valence-corrected chi connectivity index (χ3v) is 7.84. The summed E-state index contributed by atoms with van der Waals surface area (Å²) in [7, 11) is 2.15. The molecule has 5 aromatic carbocycles. The molecule has 0 bridgehead atoms. The molecule has 0 amide bonds. The number of para-hydroxylation sites is 1. The number of aromatic nitrogens is 1. The van der Waals surface area contributed by atoms with Crippen molar-refractivity contribution < 1.29 is 5.32 Å². The van der Waals surface area contributed by atoms with Crippen LogP contribution >= 0.6 is 0 Å². The number of nitrogens with two attached hydrogens (primary N) is 1. The van der Waals surface area contributed by atoms with Gasteiger partial charge in [0, 0.05) is 22.0 Å². The fourth-order valence-corrected chi connectivity index (χ4v) is 5.90. The molecular weight excluding hydrogens is 490 g/mol. The van der Waals surface area contributed by atoms with E-state index < -0.39 is 0 Å². The van der Waals surface area contributed by atoms with Crippen LogP contribution in [-0.2, 0) is 0 Å². The smallest absolute Gasteiger partial charge is 0.230 e. The first-order valence-corrected chi connectivity index (χ1v) is 13.5. The van der Waals surface area contributed by atoms with E-state index >= 15 is 0 Å². The van der Waals surface area contributed by atoms with Crippen molar-refractivity contribution in [2.45, 2.75) is 12.3 Å². The van der Waals surface area contributed by atoms with Crippen LogP contribution in [-0.4, -0.2) is 22.4 Å². The SMILES string of the molecule is CN1C(c2cccc(-n3c4ccccc4c4cc(C#N)ccc43)c2)N=C(c2ccccc2)[NH2+]C1c1ccccc1. The van der Waals surface area contributed by atoms with Crippen molar-refractivity contribution in [3.05, 3.63) is 150 Å². The predicted octanol–water partition coefficient (Wildman–Crippen LogP) is 6.31. The van der Waals surface area contributed by atoms with Gasteiger partial charge in [-0.2, -0.15) is 5.26 Å². The highest BCUT2D eigenvalue weighted by molar-refractivity contribution is 6.09. The van der Waals surface area contributed by atoms with E-state index in [4.69, 9.17) is 4.99 Å². The Kier molecular flexibility index (Phi) is 5.98. The molecular formula is C35H28N5+. The second kappa shape index (κ2) is 9.94. The molecule has 2 heterocycles. The van der Waals surface area contributed by atoms with Crippen molar-refractivity contribution in [2.24, 2.45) is 4.99 Å². The average molecular weight is 519 g/mol. The summed E-state index contributed by atoms with van der Waals surface area (Å²) in [4.78, 5) is 7.63. The molecule has 0 spiro atoms. The lowest BCUT2D eigenvalue weighted by Gasteiger charge is -2.35. The molecule has 1 aliphatic rings. The molecule has 2 N–H and O–H groups in total. The van der Waals surface area contributed by atoms with Crippen molar-refractivity contribution in [1.29, 1.82) is 5.26 Å². The number of nitrogens with zero attached hydrogens (tertiary/aromatic N) is 4. The van der Waals surface area contributed by atoms with Gasteiger partial charge < -0.3 is 4.57 Å². The van der Waals surface area contributed by atoms with E-state index in [-0.39, 0.29) is 12.3 Å². The third-order valence-electron chi connectivity index (χ3n) is 7.84. The van der Waals surface area contributed by atoms with Gasteiger partial charge in [-0.15, -0.1) is 0 Å². The molecule has 0 saturated heterocycles. The molecule has 192 valence electrons. The van der Waals surface area contributed by atoms with Crippen molar-refractivity contribution >= 4 is 27.6 Å². The number of benzene rings is 5. The summed E-state index contributed by atoms with van der Waals surface area (Å²) < 4.78 is 2.29. The Morgan fingerprint density at radius 2 is 1.40 bits per heavy atom. The molecule has 5 nitrogen and oxygen atoms in total. The van der Waals surface area contributed by atoms with E-state index in [1.54, 1.807) is 0 Å². The summed E-state index contributed by atoms with van der Waals surface area (Å²) in [5.74, 6) is 1.00. The number of aliphatic imine (C=N–C) groups is 1. The predicted molar refractivity (Wildman–Crippen MR) is 160 cm³/mol. The largest absolute Gasteiger partial charge is 0.309 e. The maximum Gasteiger partial charge on any atom is 0.230 e.